The van der Waals surface area contributed by atoms with Crippen molar-refractivity contribution >= 4 is 23.4 Å². The molecule has 0 radical (unpaired) electrons. The molecule has 2 aliphatic heterocycles. The first-order valence-corrected chi connectivity index (χ1v) is 9.72. The minimum Gasteiger partial charge on any atom is -0.412 e. The molecule has 4 N–H and O–H groups in total. The lowest BCUT2D eigenvalue weighted by Gasteiger charge is -2.38. The molecule has 1 aromatic carbocycles. The van der Waals surface area contributed by atoms with Gasteiger partial charge in [-0.05, 0) is 50.4 Å². The van der Waals surface area contributed by atoms with Gasteiger partial charge in [-0.3, -0.25) is 4.90 Å². The molecule has 2 aromatic heterocycles. The molecule has 0 amide bonds. The molecule has 0 aliphatic carbocycles. The van der Waals surface area contributed by atoms with Gasteiger partial charge in [-0.2, -0.15) is 0 Å². The first kappa shape index (κ1) is 20.7. The standard InChI is InChI=1S/C21H25N5.ClH.H2O/c1-2-5-15(6-3-1)18-13-16(8-10-22-18)26-12-4-7-20(26)21-24-14-19-17(25-21)9-11-23-19;;/h1-3,5-6,9,11,14,16,18,20,22-23H,4,7-8,10,12-13H2;1H;1H2. The lowest BCUT2D eigenvalue weighted by atomic mass is 9.92. The van der Waals surface area contributed by atoms with E-state index in [0.29, 0.717) is 18.1 Å². The van der Waals surface area contributed by atoms with E-state index in [1.54, 1.807) is 0 Å². The normalized spacial score (nSPS) is 25.2. The summed E-state index contributed by atoms with van der Waals surface area (Å²) in [6.07, 6.45) is 8.63. The Bertz CT molecular complexity index is 887. The van der Waals surface area contributed by atoms with Crippen molar-refractivity contribution in [2.24, 2.45) is 0 Å². The maximum absolute atomic E-state index is 4.84. The van der Waals surface area contributed by atoms with E-state index >= 15 is 0 Å². The van der Waals surface area contributed by atoms with Crippen molar-refractivity contribution in [3.05, 3.63) is 60.2 Å². The summed E-state index contributed by atoms with van der Waals surface area (Å²) < 4.78 is 0. The van der Waals surface area contributed by atoms with Gasteiger partial charge in [0.1, 0.15) is 5.82 Å². The zero-order valence-electron chi connectivity index (χ0n) is 15.8. The van der Waals surface area contributed by atoms with Crippen molar-refractivity contribution in [2.45, 2.75) is 43.8 Å². The highest BCUT2D eigenvalue weighted by molar-refractivity contribution is 5.85. The number of piperidine rings is 1. The number of hydrogen-bond acceptors (Lipinski definition) is 4. The molecule has 0 bridgehead atoms. The van der Waals surface area contributed by atoms with E-state index in [1.807, 2.05) is 18.5 Å². The maximum atomic E-state index is 4.84. The summed E-state index contributed by atoms with van der Waals surface area (Å²) in [7, 11) is 0. The first-order valence-electron chi connectivity index (χ1n) is 9.72. The summed E-state index contributed by atoms with van der Waals surface area (Å²) >= 11 is 0. The molecule has 6 nitrogen and oxygen atoms in total. The SMILES string of the molecule is Cl.O.c1ccc(C2CC(N3CCCC3c3ncc4[nH]ccc4n3)CCN2)cc1. The maximum Gasteiger partial charge on any atom is 0.146 e. The summed E-state index contributed by atoms with van der Waals surface area (Å²) in [6.45, 7) is 2.23. The van der Waals surface area contributed by atoms with Crippen LogP contribution in [0.25, 0.3) is 11.0 Å². The number of rotatable bonds is 3. The van der Waals surface area contributed by atoms with Gasteiger partial charge in [0.15, 0.2) is 0 Å². The zero-order chi connectivity index (χ0) is 17.3. The molecule has 150 valence electrons. The molecule has 3 aromatic rings. The van der Waals surface area contributed by atoms with Crippen LogP contribution in [0.1, 0.15) is 49.2 Å². The third-order valence-corrected chi connectivity index (χ3v) is 5.96. The van der Waals surface area contributed by atoms with E-state index in [0.717, 1.165) is 42.8 Å². The molecule has 0 spiro atoms. The minimum atomic E-state index is 0. The van der Waals surface area contributed by atoms with Gasteiger partial charge in [-0.15, -0.1) is 12.4 Å². The molecule has 3 unspecified atom stereocenters. The van der Waals surface area contributed by atoms with Crippen LogP contribution in [0.3, 0.4) is 0 Å². The van der Waals surface area contributed by atoms with Crippen LogP contribution < -0.4 is 5.32 Å². The molecular weight excluding hydrogens is 374 g/mol. The highest BCUT2D eigenvalue weighted by Crippen LogP contribution is 2.37. The molecule has 2 aliphatic rings. The summed E-state index contributed by atoms with van der Waals surface area (Å²) in [5.41, 5.74) is 3.44. The predicted molar refractivity (Wildman–Crippen MR) is 114 cm³/mol. The Kier molecular flexibility index (Phi) is 6.67. The van der Waals surface area contributed by atoms with Crippen LogP contribution in [0.2, 0.25) is 0 Å². The van der Waals surface area contributed by atoms with Crippen molar-refractivity contribution in [3.8, 4) is 0 Å². The lowest BCUT2D eigenvalue weighted by molar-refractivity contribution is 0.127. The van der Waals surface area contributed by atoms with Crippen molar-refractivity contribution in [1.82, 2.24) is 25.2 Å². The molecular formula is C21H28ClN5O. The number of aromatic amines is 1. The van der Waals surface area contributed by atoms with Crippen molar-refractivity contribution < 1.29 is 5.48 Å². The summed E-state index contributed by atoms with van der Waals surface area (Å²) in [5.74, 6) is 0.990. The number of H-pyrrole nitrogens is 1. The van der Waals surface area contributed by atoms with Gasteiger partial charge in [0.25, 0.3) is 0 Å². The molecule has 7 heteroatoms. The molecule has 4 heterocycles. The Morgan fingerprint density at radius 3 is 2.79 bits per heavy atom. The lowest BCUT2D eigenvalue weighted by Crippen LogP contribution is -2.44. The Hall–Kier alpha value is -1.99. The predicted octanol–water partition coefficient (Wildman–Crippen LogP) is 3.19. The van der Waals surface area contributed by atoms with Gasteiger partial charge in [0.2, 0.25) is 0 Å². The molecule has 0 saturated carbocycles. The highest BCUT2D eigenvalue weighted by atomic mass is 35.5. The molecule has 28 heavy (non-hydrogen) atoms. The van der Waals surface area contributed by atoms with Gasteiger partial charge < -0.3 is 15.8 Å². The summed E-state index contributed by atoms with van der Waals surface area (Å²) in [6, 6.07) is 14.3. The topological polar surface area (TPSA) is 88.3 Å². The number of likely N-dealkylation sites (tertiary alicyclic amines) is 1. The van der Waals surface area contributed by atoms with E-state index in [9.17, 15) is 0 Å². The van der Waals surface area contributed by atoms with Crippen molar-refractivity contribution in [2.75, 3.05) is 13.1 Å². The van der Waals surface area contributed by atoms with Gasteiger partial charge in [-0.25, -0.2) is 9.97 Å². The van der Waals surface area contributed by atoms with Crippen LogP contribution in [0.4, 0.5) is 0 Å². The van der Waals surface area contributed by atoms with E-state index in [1.165, 1.54) is 18.4 Å². The second-order valence-electron chi connectivity index (χ2n) is 7.50. The van der Waals surface area contributed by atoms with Gasteiger partial charge in [-0.1, -0.05) is 30.3 Å². The van der Waals surface area contributed by atoms with Crippen LogP contribution in [-0.2, 0) is 0 Å². The highest BCUT2D eigenvalue weighted by Gasteiger charge is 2.36. The number of nitrogens with zero attached hydrogens (tertiary/aromatic N) is 3. The first-order chi connectivity index (χ1) is 12.9. The molecule has 5 rings (SSSR count). The molecule has 3 atom stereocenters. The Morgan fingerprint density at radius 2 is 1.93 bits per heavy atom. The largest absolute Gasteiger partial charge is 0.412 e. The second kappa shape index (κ2) is 9.01. The van der Waals surface area contributed by atoms with Gasteiger partial charge in [0.05, 0.1) is 23.3 Å². The van der Waals surface area contributed by atoms with Crippen LogP contribution in [0.5, 0.6) is 0 Å². The average Bonchev–Trinajstić information content (AvgIpc) is 3.37. The Labute approximate surface area is 171 Å². The van der Waals surface area contributed by atoms with E-state index in [-0.39, 0.29) is 17.9 Å². The summed E-state index contributed by atoms with van der Waals surface area (Å²) in [4.78, 5) is 15.4. The number of aromatic nitrogens is 3. The number of nitrogens with one attached hydrogen (secondary N) is 2. The fourth-order valence-electron chi connectivity index (χ4n) is 4.66. The third kappa shape index (κ3) is 3.91. The van der Waals surface area contributed by atoms with Gasteiger partial charge >= 0.3 is 0 Å². The van der Waals surface area contributed by atoms with Crippen LogP contribution >= 0.6 is 12.4 Å². The van der Waals surface area contributed by atoms with Crippen molar-refractivity contribution in [1.29, 1.82) is 0 Å². The number of fused-ring (bicyclic) bond motifs is 1. The van der Waals surface area contributed by atoms with E-state index < -0.39 is 0 Å². The van der Waals surface area contributed by atoms with Crippen LogP contribution in [0, 0.1) is 0 Å². The molecule has 2 fully saturated rings. The monoisotopic (exact) mass is 401 g/mol. The summed E-state index contributed by atoms with van der Waals surface area (Å²) in [5, 5.41) is 3.70. The third-order valence-electron chi connectivity index (χ3n) is 5.96. The fourth-order valence-corrected chi connectivity index (χ4v) is 4.66. The number of halogens is 1. The Morgan fingerprint density at radius 1 is 1.07 bits per heavy atom. The van der Waals surface area contributed by atoms with Crippen molar-refractivity contribution in [3.63, 3.8) is 0 Å². The second-order valence-corrected chi connectivity index (χ2v) is 7.50. The molecule has 2 saturated heterocycles. The van der Waals surface area contributed by atoms with Crippen LogP contribution in [0.15, 0.2) is 48.8 Å². The fraction of sp³-hybridized carbons (Fsp3) is 0.429. The van der Waals surface area contributed by atoms with Crippen LogP contribution in [-0.4, -0.2) is 44.5 Å². The number of hydrogen-bond donors (Lipinski definition) is 2. The zero-order valence-corrected chi connectivity index (χ0v) is 16.7. The smallest absolute Gasteiger partial charge is 0.146 e. The average molecular weight is 402 g/mol. The Balaban J connectivity index is 0.00000112. The van der Waals surface area contributed by atoms with Gasteiger partial charge in [0, 0.05) is 18.3 Å². The minimum absolute atomic E-state index is 0. The van der Waals surface area contributed by atoms with E-state index in [4.69, 9.17) is 4.98 Å². The van der Waals surface area contributed by atoms with E-state index in [2.05, 4.69) is 50.5 Å². The number of benzene rings is 1. The quantitative estimate of drug-likeness (QED) is 0.705.